The van der Waals surface area contributed by atoms with Crippen molar-refractivity contribution in [2.45, 2.75) is 19.4 Å². The fraction of sp³-hybridized carbons (Fsp3) is 0.227. The van der Waals surface area contributed by atoms with Gasteiger partial charge in [-0.3, -0.25) is 14.5 Å². The van der Waals surface area contributed by atoms with Crippen LogP contribution in [0.5, 0.6) is 11.5 Å². The van der Waals surface area contributed by atoms with Gasteiger partial charge in [0, 0.05) is 6.54 Å². The molecule has 1 fully saturated rings. The molecule has 6 nitrogen and oxygen atoms in total. The van der Waals surface area contributed by atoms with Crippen LogP contribution in [0.3, 0.4) is 0 Å². The summed E-state index contributed by atoms with van der Waals surface area (Å²) in [6.07, 6.45) is 2.38. The van der Waals surface area contributed by atoms with Gasteiger partial charge >= 0.3 is 0 Å². The number of aromatic hydroxyl groups is 1. The molecular formula is C22H22N2O4S2. The van der Waals surface area contributed by atoms with E-state index >= 15 is 0 Å². The number of hydrogen-bond acceptors (Lipinski definition) is 6. The van der Waals surface area contributed by atoms with Crippen LogP contribution in [0.2, 0.25) is 0 Å². The molecule has 0 bridgehead atoms. The lowest BCUT2D eigenvalue weighted by Gasteiger charge is -2.22. The van der Waals surface area contributed by atoms with Gasteiger partial charge in [-0.15, -0.1) is 0 Å². The number of thioether (sulfide) groups is 1. The lowest BCUT2D eigenvalue weighted by molar-refractivity contribution is -0.132. The Balaban J connectivity index is 1.60. The maximum absolute atomic E-state index is 12.8. The van der Waals surface area contributed by atoms with Crippen molar-refractivity contribution in [1.82, 2.24) is 10.2 Å². The molecule has 30 heavy (non-hydrogen) atoms. The van der Waals surface area contributed by atoms with Crippen LogP contribution in [0.1, 0.15) is 18.1 Å². The number of nitrogens with zero attached hydrogens (tertiary/aromatic N) is 1. The Morgan fingerprint density at radius 1 is 1.23 bits per heavy atom. The van der Waals surface area contributed by atoms with Crippen LogP contribution in [-0.2, 0) is 16.0 Å². The first-order valence-corrected chi connectivity index (χ1v) is 10.6. The van der Waals surface area contributed by atoms with E-state index in [0.29, 0.717) is 22.2 Å². The normalized spacial score (nSPS) is 16.1. The second kappa shape index (κ2) is 9.77. The smallest absolute Gasteiger partial charge is 0.266 e. The first-order valence-electron chi connectivity index (χ1n) is 9.36. The summed E-state index contributed by atoms with van der Waals surface area (Å²) in [5.41, 5.74) is 1.84. The van der Waals surface area contributed by atoms with Gasteiger partial charge < -0.3 is 15.2 Å². The van der Waals surface area contributed by atoms with Crippen molar-refractivity contribution in [3.8, 4) is 11.5 Å². The molecule has 2 aromatic rings. The number of benzene rings is 2. The molecule has 1 aliphatic rings. The highest BCUT2D eigenvalue weighted by molar-refractivity contribution is 8.26. The first kappa shape index (κ1) is 21.9. The van der Waals surface area contributed by atoms with Crippen molar-refractivity contribution in [1.29, 1.82) is 0 Å². The molecule has 0 saturated carbocycles. The van der Waals surface area contributed by atoms with Crippen molar-refractivity contribution < 1.29 is 19.4 Å². The molecule has 1 atom stereocenters. The Morgan fingerprint density at radius 3 is 2.53 bits per heavy atom. The van der Waals surface area contributed by atoms with Gasteiger partial charge in [-0.1, -0.05) is 48.2 Å². The van der Waals surface area contributed by atoms with Gasteiger partial charge in [-0.05, 0) is 54.8 Å². The Bertz CT molecular complexity index is 972. The monoisotopic (exact) mass is 442 g/mol. The topological polar surface area (TPSA) is 78.9 Å². The van der Waals surface area contributed by atoms with Crippen LogP contribution in [-0.4, -0.2) is 45.8 Å². The van der Waals surface area contributed by atoms with Crippen molar-refractivity contribution in [3.05, 3.63) is 64.6 Å². The molecule has 3 rings (SSSR count). The molecule has 1 heterocycles. The number of carbonyl (C=O) groups is 2. The van der Waals surface area contributed by atoms with E-state index in [-0.39, 0.29) is 17.6 Å². The van der Waals surface area contributed by atoms with Gasteiger partial charge in [-0.2, -0.15) is 0 Å². The lowest BCUT2D eigenvalue weighted by Crippen LogP contribution is -2.47. The van der Waals surface area contributed by atoms with Crippen molar-refractivity contribution >= 4 is 46.2 Å². The number of phenols is 1. The van der Waals surface area contributed by atoms with Crippen molar-refractivity contribution in [2.75, 3.05) is 13.7 Å². The lowest BCUT2D eigenvalue weighted by atomic mass is 10.1. The number of nitrogens with one attached hydrogen (secondary N) is 1. The Kier molecular flexibility index (Phi) is 7.12. The molecule has 156 valence electrons. The molecule has 2 aromatic carbocycles. The van der Waals surface area contributed by atoms with E-state index < -0.39 is 6.04 Å². The van der Waals surface area contributed by atoms with Gasteiger partial charge in [0.1, 0.15) is 21.9 Å². The van der Waals surface area contributed by atoms with Gasteiger partial charge in [-0.25, -0.2) is 0 Å². The maximum atomic E-state index is 12.8. The number of ether oxygens (including phenoxy) is 1. The molecular weight excluding hydrogens is 420 g/mol. The summed E-state index contributed by atoms with van der Waals surface area (Å²) < 4.78 is 5.50. The number of carbonyl (C=O) groups excluding carboxylic acids is 2. The third-order valence-electron chi connectivity index (χ3n) is 4.65. The van der Waals surface area contributed by atoms with Crippen LogP contribution in [0, 0.1) is 0 Å². The van der Waals surface area contributed by atoms with Crippen LogP contribution in [0.15, 0.2) is 53.4 Å². The van der Waals surface area contributed by atoms with Gasteiger partial charge in [0.15, 0.2) is 0 Å². The predicted octanol–water partition coefficient (Wildman–Crippen LogP) is 3.35. The van der Waals surface area contributed by atoms with E-state index in [0.717, 1.165) is 16.9 Å². The predicted molar refractivity (Wildman–Crippen MR) is 122 cm³/mol. The van der Waals surface area contributed by atoms with Gasteiger partial charge in [0.05, 0.1) is 12.0 Å². The number of thiocarbonyl (C=S) groups is 1. The van der Waals surface area contributed by atoms with E-state index in [1.807, 2.05) is 24.3 Å². The highest BCUT2D eigenvalue weighted by atomic mass is 32.2. The summed E-state index contributed by atoms with van der Waals surface area (Å²) in [7, 11) is 1.59. The zero-order chi connectivity index (χ0) is 21.7. The molecule has 1 aliphatic heterocycles. The van der Waals surface area contributed by atoms with Crippen LogP contribution in [0.4, 0.5) is 0 Å². The highest BCUT2D eigenvalue weighted by Crippen LogP contribution is 2.34. The summed E-state index contributed by atoms with van der Waals surface area (Å²) in [6.45, 7) is 2.08. The number of rotatable bonds is 7. The molecule has 0 spiro atoms. The van der Waals surface area contributed by atoms with Gasteiger partial charge in [0.2, 0.25) is 5.91 Å². The van der Waals surface area contributed by atoms with E-state index in [4.69, 9.17) is 17.0 Å². The Morgan fingerprint density at radius 2 is 1.90 bits per heavy atom. The molecule has 0 aliphatic carbocycles. The van der Waals surface area contributed by atoms with Crippen molar-refractivity contribution in [3.63, 3.8) is 0 Å². The van der Waals surface area contributed by atoms with E-state index in [9.17, 15) is 14.7 Å². The Hall–Kier alpha value is -2.84. The number of hydrogen-bond donors (Lipinski definition) is 2. The third-order valence-corrected chi connectivity index (χ3v) is 5.98. The van der Waals surface area contributed by atoms with Crippen LogP contribution >= 0.6 is 24.0 Å². The van der Waals surface area contributed by atoms with E-state index in [1.54, 1.807) is 44.4 Å². The van der Waals surface area contributed by atoms with Crippen LogP contribution in [0.25, 0.3) is 6.08 Å². The quantitative estimate of drug-likeness (QED) is 0.506. The minimum Gasteiger partial charge on any atom is -0.508 e. The van der Waals surface area contributed by atoms with Crippen molar-refractivity contribution in [2.24, 2.45) is 0 Å². The van der Waals surface area contributed by atoms with Gasteiger partial charge in [0.25, 0.3) is 5.91 Å². The average Bonchev–Trinajstić information content (AvgIpc) is 3.02. The SMILES string of the molecule is COc1ccc(C=C2SC(=S)N(C(C)C(=O)NCCc3ccc(O)cc3)C2=O)cc1. The minimum absolute atomic E-state index is 0.202. The Labute approximate surface area is 184 Å². The maximum Gasteiger partial charge on any atom is 0.266 e. The highest BCUT2D eigenvalue weighted by Gasteiger charge is 2.38. The second-order valence-electron chi connectivity index (χ2n) is 6.71. The zero-order valence-electron chi connectivity index (χ0n) is 16.6. The molecule has 0 radical (unpaired) electrons. The van der Waals surface area contributed by atoms with E-state index in [2.05, 4.69) is 5.32 Å². The molecule has 1 unspecified atom stereocenters. The average molecular weight is 443 g/mol. The van der Waals surface area contributed by atoms with E-state index in [1.165, 1.54) is 16.7 Å². The molecule has 8 heteroatoms. The zero-order valence-corrected chi connectivity index (χ0v) is 18.3. The summed E-state index contributed by atoms with van der Waals surface area (Å²) in [4.78, 5) is 27.2. The number of amides is 2. The second-order valence-corrected chi connectivity index (χ2v) is 8.38. The third kappa shape index (κ3) is 5.20. The first-order chi connectivity index (χ1) is 14.4. The molecule has 2 N–H and O–H groups in total. The summed E-state index contributed by atoms with van der Waals surface area (Å²) >= 11 is 6.54. The summed E-state index contributed by atoms with van der Waals surface area (Å²) in [6, 6.07) is 13.4. The summed E-state index contributed by atoms with van der Waals surface area (Å²) in [5.74, 6) is 0.392. The minimum atomic E-state index is -0.709. The number of methoxy groups -OCH3 is 1. The molecule has 1 saturated heterocycles. The summed E-state index contributed by atoms with van der Waals surface area (Å²) in [5, 5.41) is 12.2. The number of phenolic OH excluding ortho intramolecular Hbond substituents is 1. The molecule has 2 amide bonds. The fourth-order valence-corrected chi connectivity index (χ4v) is 4.34. The molecule has 0 aromatic heterocycles. The fourth-order valence-electron chi connectivity index (χ4n) is 2.92. The van der Waals surface area contributed by atoms with Crippen LogP contribution < -0.4 is 10.1 Å². The largest absolute Gasteiger partial charge is 0.508 e. The standard InChI is InChI=1S/C22H22N2O4S2/c1-14(20(26)23-12-11-15-3-7-17(25)8-4-15)24-21(27)19(30-22(24)29)13-16-5-9-18(28-2)10-6-16/h3-10,13-14,25H,11-12H2,1-2H3,(H,23,26).